The normalized spacial score (nSPS) is 16.0. The van der Waals surface area contributed by atoms with Crippen LogP contribution in [0.5, 0.6) is 11.5 Å². The van der Waals surface area contributed by atoms with Crippen molar-refractivity contribution in [1.82, 2.24) is 23.9 Å². The van der Waals surface area contributed by atoms with Gasteiger partial charge in [-0.3, -0.25) is 4.68 Å². The van der Waals surface area contributed by atoms with Gasteiger partial charge in [0.05, 0.1) is 16.2 Å². The van der Waals surface area contributed by atoms with Crippen molar-refractivity contribution < 1.29 is 23.1 Å². The summed E-state index contributed by atoms with van der Waals surface area (Å²) in [6.45, 7) is 2.69. The van der Waals surface area contributed by atoms with Crippen molar-refractivity contribution in [3.63, 3.8) is 0 Å². The van der Waals surface area contributed by atoms with E-state index in [2.05, 4.69) is 17.2 Å². The van der Waals surface area contributed by atoms with Gasteiger partial charge in [0, 0.05) is 55.7 Å². The Balaban J connectivity index is 1.26. The van der Waals surface area contributed by atoms with Gasteiger partial charge in [-0.25, -0.2) is 13.2 Å². The van der Waals surface area contributed by atoms with E-state index in [9.17, 15) is 18.3 Å². The third-order valence-electron chi connectivity index (χ3n) is 8.55. The molecule has 0 aliphatic heterocycles. The van der Waals surface area contributed by atoms with Gasteiger partial charge in [0.1, 0.15) is 11.5 Å². The van der Waals surface area contributed by atoms with Crippen molar-refractivity contribution in [3.8, 4) is 17.2 Å². The Morgan fingerprint density at radius 2 is 1.72 bits per heavy atom. The van der Waals surface area contributed by atoms with Crippen molar-refractivity contribution in [3.05, 3.63) is 120 Å². The molecule has 1 aliphatic rings. The molecule has 2 atom stereocenters. The summed E-state index contributed by atoms with van der Waals surface area (Å²) in [5.41, 5.74) is 3.40. The van der Waals surface area contributed by atoms with Crippen LogP contribution < -0.4 is 4.74 Å². The van der Waals surface area contributed by atoms with Crippen molar-refractivity contribution in [2.75, 3.05) is 6.54 Å². The molecule has 10 nitrogen and oxygen atoms in total. The molecule has 0 spiro atoms. The third-order valence-corrected chi connectivity index (χ3v) is 10.4. The molecule has 2 aromatic heterocycles. The van der Waals surface area contributed by atoms with Gasteiger partial charge in [-0.1, -0.05) is 61.7 Å². The van der Waals surface area contributed by atoms with E-state index in [4.69, 9.17) is 4.74 Å². The maximum Gasteiger partial charge on any atom is 0.337 e. The average molecular weight is 654 g/mol. The molecule has 1 N–H and O–H groups in total. The minimum absolute atomic E-state index is 0.0132. The Kier molecular flexibility index (Phi) is 9.55. The van der Waals surface area contributed by atoms with Crippen molar-refractivity contribution in [2.24, 2.45) is 7.05 Å². The molecule has 47 heavy (non-hydrogen) atoms. The van der Waals surface area contributed by atoms with Crippen LogP contribution in [0.2, 0.25) is 0 Å². The van der Waals surface area contributed by atoms with Crippen LogP contribution in [0.4, 0.5) is 0 Å². The number of para-hydroxylation sites is 1. The number of aromatic nitrogens is 4. The van der Waals surface area contributed by atoms with Gasteiger partial charge in [0.25, 0.3) is 0 Å². The first kappa shape index (κ1) is 32.2. The van der Waals surface area contributed by atoms with Crippen LogP contribution in [-0.2, 0) is 23.6 Å². The molecule has 6 rings (SSSR count). The molecule has 5 aromatic rings. The molecule has 244 valence electrons. The highest BCUT2D eigenvalue weighted by molar-refractivity contribution is 7.89. The number of hydrogen-bond donors (Lipinski definition) is 1. The molecule has 0 saturated heterocycles. The molecular formula is C36H39N5O5S. The number of unbranched alkanes of at least 4 members (excludes halogenated alkanes) is 3. The minimum atomic E-state index is -3.83. The van der Waals surface area contributed by atoms with Gasteiger partial charge < -0.3 is 14.4 Å². The van der Waals surface area contributed by atoms with Crippen LogP contribution in [0.3, 0.4) is 0 Å². The van der Waals surface area contributed by atoms with Gasteiger partial charge in [0.2, 0.25) is 10.0 Å². The Hall–Kier alpha value is -4.74. The molecule has 0 amide bonds. The Morgan fingerprint density at radius 3 is 2.43 bits per heavy atom. The lowest BCUT2D eigenvalue weighted by atomic mass is 10.1. The number of carbonyl (C=O) groups is 1. The molecule has 0 radical (unpaired) electrons. The first-order valence-electron chi connectivity index (χ1n) is 16.0. The lowest BCUT2D eigenvalue weighted by Crippen LogP contribution is -2.31. The maximum atomic E-state index is 14.0. The number of carboxylic acid groups (broad SMARTS) is 1. The first-order chi connectivity index (χ1) is 22.7. The van der Waals surface area contributed by atoms with Crippen LogP contribution in [0.25, 0.3) is 5.69 Å². The molecule has 0 unspecified atom stereocenters. The fraction of sp³-hybridized carbons (Fsp3) is 0.306. The lowest BCUT2D eigenvalue weighted by Gasteiger charge is -2.23. The average Bonchev–Trinajstić information content (AvgIpc) is 3.51. The van der Waals surface area contributed by atoms with E-state index in [-0.39, 0.29) is 28.8 Å². The number of aryl methyl sites for hydroxylation is 1. The van der Waals surface area contributed by atoms with E-state index in [1.165, 1.54) is 0 Å². The molecular weight excluding hydrogens is 614 g/mol. The Labute approximate surface area is 275 Å². The van der Waals surface area contributed by atoms with Crippen LogP contribution in [0.15, 0.2) is 102 Å². The number of ether oxygens (including phenoxy) is 1. The van der Waals surface area contributed by atoms with E-state index in [0.29, 0.717) is 23.7 Å². The van der Waals surface area contributed by atoms with Gasteiger partial charge >= 0.3 is 5.97 Å². The number of nitrogens with zero attached hydrogens (tertiary/aromatic N) is 5. The summed E-state index contributed by atoms with van der Waals surface area (Å²) >= 11 is 0. The second-order valence-corrected chi connectivity index (χ2v) is 13.9. The van der Waals surface area contributed by atoms with E-state index < -0.39 is 16.0 Å². The highest BCUT2D eigenvalue weighted by Crippen LogP contribution is 2.55. The fourth-order valence-electron chi connectivity index (χ4n) is 6.05. The van der Waals surface area contributed by atoms with Gasteiger partial charge in [0.15, 0.2) is 0 Å². The van der Waals surface area contributed by atoms with Crippen molar-refractivity contribution in [2.45, 2.75) is 62.3 Å². The maximum absolute atomic E-state index is 14.0. The summed E-state index contributed by atoms with van der Waals surface area (Å²) in [5, 5.41) is 18.3. The number of sulfonamides is 1. The quantitative estimate of drug-likeness (QED) is 0.119. The van der Waals surface area contributed by atoms with E-state index >= 15 is 0 Å². The predicted octanol–water partition coefficient (Wildman–Crippen LogP) is 7.14. The Morgan fingerprint density at radius 1 is 0.957 bits per heavy atom. The van der Waals surface area contributed by atoms with Crippen molar-refractivity contribution >= 4 is 16.0 Å². The molecule has 3 aromatic carbocycles. The van der Waals surface area contributed by atoms with Crippen LogP contribution >= 0.6 is 0 Å². The van der Waals surface area contributed by atoms with Crippen molar-refractivity contribution in [1.29, 1.82) is 0 Å². The first-order valence-corrected chi connectivity index (χ1v) is 17.4. The van der Waals surface area contributed by atoms with E-state index in [0.717, 1.165) is 49.0 Å². The van der Waals surface area contributed by atoms with Gasteiger partial charge in [-0.15, -0.1) is 5.10 Å². The molecule has 11 heteroatoms. The predicted molar refractivity (Wildman–Crippen MR) is 179 cm³/mol. The standard InChI is InChI=1S/C36H39N5O5S/c1-3-4-5-9-20-40(47(44,45)30-17-15-29(16-18-30)46-28-13-7-6-8-14-28)24-26-11-10-12-27(22-26)41-21-19-31(36(42)43)35(41)33-23-32(33)34-25-39(2)38-37-34/h6-8,10-19,21-22,25,32-33H,3-5,9,20,23-24H2,1-2H3,(H,42,43)/t32-,33-/m1/s1. The number of rotatable bonds is 15. The Bertz CT molecular complexity index is 1940. The van der Waals surface area contributed by atoms with Crippen LogP contribution in [-0.4, -0.2) is 49.9 Å². The smallest absolute Gasteiger partial charge is 0.337 e. The zero-order chi connectivity index (χ0) is 33.0. The van der Waals surface area contributed by atoms with Gasteiger partial charge in [-0.2, -0.15) is 4.31 Å². The molecule has 1 fully saturated rings. The zero-order valence-electron chi connectivity index (χ0n) is 26.6. The SMILES string of the molecule is CCCCCCN(Cc1cccc(-n2ccc(C(=O)O)c2[C@@H]2C[C@H]2c2cn(C)nn2)c1)S(=O)(=O)c1ccc(Oc2ccccc2)cc1. The monoisotopic (exact) mass is 653 g/mol. The van der Waals surface area contributed by atoms with Gasteiger partial charge in [-0.05, 0) is 73.0 Å². The second kappa shape index (κ2) is 13.9. The number of carboxylic acids is 1. The largest absolute Gasteiger partial charge is 0.478 e. The molecule has 1 aliphatic carbocycles. The van der Waals surface area contributed by atoms with Crippen LogP contribution in [0, 0.1) is 0 Å². The topological polar surface area (TPSA) is 120 Å². The fourth-order valence-corrected chi connectivity index (χ4v) is 7.52. The zero-order valence-corrected chi connectivity index (χ0v) is 27.4. The summed E-state index contributed by atoms with van der Waals surface area (Å²) in [4.78, 5) is 12.4. The summed E-state index contributed by atoms with van der Waals surface area (Å²) in [6.07, 6.45) is 8.20. The minimum Gasteiger partial charge on any atom is -0.478 e. The molecule has 2 heterocycles. The third kappa shape index (κ3) is 7.31. The molecule has 1 saturated carbocycles. The highest BCUT2D eigenvalue weighted by Gasteiger charge is 2.45. The summed E-state index contributed by atoms with van der Waals surface area (Å²) in [5.74, 6) is 0.322. The summed E-state index contributed by atoms with van der Waals surface area (Å²) in [6, 6.07) is 25.2. The summed E-state index contributed by atoms with van der Waals surface area (Å²) in [7, 11) is -2.02. The summed E-state index contributed by atoms with van der Waals surface area (Å²) < 4.78 is 39.0. The number of benzene rings is 3. The number of aromatic carboxylic acids is 1. The second-order valence-electron chi connectivity index (χ2n) is 12.0. The van der Waals surface area contributed by atoms with Crippen LogP contribution in [0.1, 0.15) is 78.2 Å². The van der Waals surface area contributed by atoms with E-state index in [1.807, 2.05) is 72.4 Å². The highest BCUT2D eigenvalue weighted by atomic mass is 32.2. The van der Waals surface area contributed by atoms with E-state index in [1.54, 1.807) is 45.5 Å². The number of hydrogen-bond acceptors (Lipinski definition) is 6. The molecule has 0 bridgehead atoms. The lowest BCUT2D eigenvalue weighted by molar-refractivity contribution is 0.0695.